The molecule has 8 heteroatoms. The van der Waals surface area contributed by atoms with E-state index in [2.05, 4.69) is 65.9 Å². The summed E-state index contributed by atoms with van der Waals surface area (Å²) in [6.07, 6.45) is 15.1. The molecule has 3 heterocycles. The Hall–Kier alpha value is -1.03. The predicted molar refractivity (Wildman–Crippen MR) is 186 cm³/mol. The molecule has 1 aromatic rings. The van der Waals surface area contributed by atoms with Gasteiger partial charge in [-0.3, -0.25) is 0 Å². The lowest BCUT2D eigenvalue weighted by molar-refractivity contribution is -0.936. The highest BCUT2D eigenvalue weighted by molar-refractivity contribution is 4.63. The number of ether oxygens (including phenoxy) is 2. The van der Waals surface area contributed by atoms with Gasteiger partial charge >= 0.3 is 0 Å². The summed E-state index contributed by atoms with van der Waals surface area (Å²) in [4.78, 5) is 0. The van der Waals surface area contributed by atoms with Gasteiger partial charge in [-0.2, -0.15) is 0 Å². The number of piperidine rings is 2. The lowest BCUT2D eigenvalue weighted by Gasteiger charge is -2.44. The van der Waals surface area contributed by atoms with Crippen LogP contribution in [0.4, 0.5) is 0 Å². The van der Waals surface area contributed by atoms with Crippen LogP contribution >= 0.6 is 0 Å². The molecule has 1 spiro atoms. The SMILES string of the molecule is C1CC[N+]2(CC1)CCCCC2.CC[N+](CC)(CC)CCOC.CCn1cc[n+](C)c1.COCC[N+](C)(C)C.N.[CH3-].[CH3-].[CH3-]. The number of likely N-dealkylation sites (N-methyl/N-ethyl adjacent to an activating group) is 2. The Morgan fingerprint density at radius 2 is 1.12 bits per heavy atom. The molecule has 0 aromatic carbocycles. The van der Waals surface area contributed by atoms with E-state index in [1.807, 2.05) is 17.8 Å². The minimum atomic E-state index is 0. The van der Waals surface area contributed by atoms with Gasteiger partial charge in [0.1, 0.15) is 25.5 Å². The molecule has 258 valence electrons. The first-order chi connectivity index (χ1) is 18.0. The van der Waals surface area contributed by atoms with Gasteiger partial charge in [-0.1, -0.05) is 0 Å². The summed E-state index contributed by atoms with van der Waals surface area (Å²) in [7, 11) is 12.0. The van der Waals surface area contributed by atoms with E-state index >= 15 is 0 Å². The summed E-state index contributed by atoms with van der Waals surface area (Å²) in [5.41, 5.74) is 0. The van der Waals surface area contributed by atoms with Crippen molar-refractivity contribution in [2.45, 2.75) is 72.8 Å². The zero-order chi connectivity index (χ0) is 28.9. The van der Waals surface area contributed by atoms with Crippen molar-refractivity contribution >= 4 is 0 Å². The third-order valence-corrected chi connectivity index (χ3v) is 8.47. The summed E-state index contributed by atoms with van der Waals surface area (Å²) in [6, 6.07) is 0. The fourth-order valence-electron chi connectivity index (χ4n) is 5.30. The maximum Gasteiger partial charge on any atom is 0.243 e. The molecule has 0 atom stereocenters. The topological polar surface area (TPSA) is 62.3 Å². The Kier molecular flexibility index (Phi) is 34.6. The molecule has 0 saturated carbocycles. The Bertz CT molecular complexity index is 631. The molecule has 0 bridgehead atoms. The van der Waals surface area contributed by atoms with E-state index in [4.69, 9.17) is 9.47 Å². The highest BCUT2D eigenvalue weighted by Crippen LogP contribution is 2.24. The number of imidazole rings is 1. The van der Waals surface area contributed by atoms with Crippen LogP contribution in [0.2, 0.25) is 0 Å². The normalized spacial score (nSPS) is 15.3. The van der Waals surface area contributed by atoms with Crippen LogP contribution < -0.4 is 10.7 Å². The molecule has 2 aliphatic heterocycles. The second kappa shape index (κ2) is 28.7. The maximum absolute atomic E-state index is 5.09. The monoisotopic (exact) mass is 606 g/mol. The van der Waals surface area contributed by atoms with Crippen LogP contribution in [-0.4, -0.2) is 125 Å². The van der Waals surface area contributed by atoms with Crippen molar-refractivity contribution in [1.82, 2.24) is 10.7 Å². The average molecular weight is 606 g/mol. The van der Waals surface area contributed by atoms with Crippen molar-refractivity contribution in [3.63, 3.8) is 0 Å². The van der Waals surface area contributed by atoms with Crippen LogP contribution in [0.15, 0.2) is 18.7 Å². The smallest absolute Gasteiger partial charge is 0.243 e. The molecule has 3 rings (SSSR count). The van der Waals surface area contributed by atoms with Crippen molar-refractivity contribution in [2.24, 2.45) is 7.05 Å². The van der Waals surface area contributed by atoms with Gasteiger partial charge in [-0.05, 0) is 66.2 Å². The van der Waals surface area contributed by atoms with Crippen LogP contribution in [0.5, 0.6) is 0 Å². The Morgan fingerprint density at radius 3 is 1.36 bits per heavy atom. The molecule has 3 N–H and O–H groups in total. The number of quaternary nitrogens is 3. The summed E-state index contributed by atoms with van der Waals surface area (Å²) in [5.74, 6) is 0. The molecule has 42 heavy (non-hydrogen) atoms. The maximum atomic E-state index is 5.09. The van der Waals surface area contributed by atoms with Gasteiger partial charge in [0, 0.05) is 14.2 Å². The summed E-state index contributed by atoms with van der Waals surface area (Å²) >= 11 is 0. The second-order valence-corrected chi connectivity index (χ2v) is 12.3. The van der Waals surface area contributed by atoms with Crippen molar-refractivity contribution in [3.8, 4) is 0 Å². The third-order valence-electron chi connectivity index (χ3n) is 8.47. The zero-order valence-corrected chi connectivity index (χ0v) is 31.2. The molecular weight excluding hydrogens is 524 g/mol. The highest BCUT2D eigenvalue weighted by Gasteiger charge is 2.30. The van der Waals surface area contributed by atoms with Crippen molar-refractivity contribution in [1.29, 1.82) is 0 Å². The molecule has 2 saturated heterocycles. The van der Waals surface area contributed by atoms with Crippen LogP contribution in [0.3, 0.4) is 0 Å². The number of aryl methyl sites for hydroxylation is 2. The predicted octanol–water partition coefficient (Wildman–Crippen LogP) is 5.86. The van der Waals surface area contributed by atoms with Gasteiger partial charge in [0.05, 0.1) is 93.8 Å². The van der Waals surface area contributed by atoms with E-state index < -0.39 is 0 Å². The van der Waals surface area contributed by atoms with E-state index in [0.717, 1.165) is 37.3 Å². The molecule has 2 aliphatic rings. The molecule has 0 aliphatic carbocycles. The fraction of sp³-hybridized carbons (Fsp3) is 0.824. The lowest BCUT2D eigenvalue weighted by atomic mass is 10.0. The van der Waals surface area contributed by atoms with E-state index in [1.54, 1.807) is 14.2 Å². The molecule has 2 fully saturated rings. The van der Waals surface area contributed by atoms with Crippen LogP contribution in [-0.2, 0) is 23.1 Å². The molecule has 0 radical (unpaired) electrons. The standard InChI is InChI=1S/C10H20N.C9H22NO.C6H11N2.C6H16NO.3CH3.H3N/c1-3-7-11(8-4-1)9-5-2-6-10-11;1-5-10(6-2,7-3)8-9-11-4;1-3-8-5-4-7(2)6-8;1-7(2,3)5-6-8-4;;;;/h1-10H2;5-9H2,1-4H3;4-6H,3H2,1-2H3;5-6H2,1-4H3;4*1H3/q4*+1;3*-1;. The zero-order valence-electron chi connectivity index (χ0n) is 31.2. The third kappa shape index (κ3) is 23.4. The fourth-order valence-corrected chi connectivity index (χ4v) is 5.30. The summed E-state index contributed by atoms with van der Waals surface area (Å²) in [5, 5.41) is 0. The molecule has 1 aromatic heterocycles. The van der Waals surface area contributed by atoms with Gasteiger partial charge < -0.3 is 51.4 Å². The minimum absolute atomic E-state index is 0. The number of rotatable bonds is 10. The molecule has 0 unspecified atom stereocenters. The summed E-state index contributed by atoms with van der Waals surface area (Å²) in [6.45, 7) is 23.6. The number of hydrogen-bond acceptors (Lipinski definition) is 3. The second-order valence-electron chi connectivity index (χ2n) is 12.3. The van der Waals surface area contributed by atoms with E-state index in [-0.39, 0.29) is 28.4 Å². The van der Waals surface area contributed by atoms with Crippen molar-refractivity contribution in [3.05, 3.63) is 41.0 Å². The Labute approximate surface area is 266 Å². The Balaban J connectivity index is -0.000000142. The molecular formula is C34H81N6O2+. The summed E-state index contributed by atoms with van der Waals surface area (Å²) < 4.78 is 17.8. The van der Waals surface area contributed by atoms with Gasteiger partial charge in [-0.25, -0.2) is 9.13 Å². The first-order valence-electron chi connectivity index (χ1n) is 15.5. The number of aromatic nitrogens is 2. The van der Waals surface area contributed by atoms with Crippen molar-refractivity contribution in [2.75, 3.05) is 107 Å². The van der Waals surface area contributed by atoms with E-state index in [1.165, 1.54) is 93.3 Å². The van der Waals surface area contributed by atoms with Crippen LogP contribution in [0.1, 0.15) is 66.2 Å². The lowest BCUT2D eigenvalue weighted by Crippen LogP contribution is -2.54. The van der Waals surface area contributed by atoms with E-state index in [0.29, 0.717) is 0 Å². The number of nitrogens with zero attached hydrogens (tertiary/aromatic N) is 5. The van der Waals surface area contributed by atoms with Crippen LogP contribution in [0.25, 0.3) is 0 Å². The first kappa shape index (κ1) is 50.6. The van der Waals surface area contributed by atoms with Gasteiger partial charge in [0.25, 0.3) is 0 Å². The minimum Gasteiger partial charge on any atom is -0.379 e. The van der Waals surface area contributed by atoms with Gasteiger partial charge in [-0.15, -0.1) is 0 Å². The molecule has 8 nitrogen and oxygen atoms in total. The largest absolute Gasteiger partial charge is 0.379 e. The highest BCUT2D eigenvalue weighted by atomic mass is 16.5. The average Bonchev–Trinajstić information content (AvgIpc) is 3.36. The van der Waals surface area contributed by atoms with E-state index in [9.17, 15) is 0 Å². The number of hydrogen-bond donors (Lipinski definition) is 1. The van der Waals surface area contributed by atoms with Gasteiger partial charge in [0.15, 0.2) is 0 Å². The molecule has 0 amide bonds. The quantitative estimate of drug-likeness (QED) is 0.206. The van der Waals surface area contributed by atoms with Crippen LogP contribution in [0, 0.1) is 22.3 Å². The number of methoxy groups -OCH3 is 2. The first-order valence-corrected chi connectivity index (χ1v) is 15.5. The van der Waals surface area contributed by atoms with Gasteiger partial charge in [0.2, 0.25) is 6.33 Å². The van der Waals surface area contributed by atoms with Crippen molar-refractivity contribution < 1.29 is 27.5 Å². The Morgan fingerprint density at radius 1 is 0.714 bits per heavy atom.